The smallest absolute Gasteiger partial charge is 0.325 e. The first-order chi connectivity index (χ1) is 13.3. The first-order valence-corrected chi connectivity index (χ1v) is 9.37. The number of rotatable bonds is 7. The van der Waals surface area contributed by atoms with E-state index in [9.17, 15) is 14.4 Å². The van der Waals surface area contributed by atoms with Crippen molar-refractivity contribution < 1.29 is 19.1 Å². The molecule has 2 aromatic rings. The van der Waals surface area contributed by atoms with Gasteiger partial charge in [0.1, 0.15) is 6.54 Å². The highest BCUT2D eigenvalue weighted by molar-refractivity contribution is 6.37. The van der Waals surface area contributed by atoms with Crippen LogP contribution in [0.25, 0.3) is 0 Å². The monoisotopic (exact) mass is 462 g/mol. The minimum Gasteiger partial charge on any atom is -0.454 e. The molecule has 0 unspecified atom stereocenters. The lowest BCUT2D eigenvalue weighted by atomic mass is 10.2. The van der Waals surface area contributed by atoms with Crippen LogP contribution in [-0.4, -0.2) is 30.9 Å². The molecule has 0 saturated carbocycles. The molecule has 2 aromatic carbocycles. The lowest BCUT2D eigenvalue weighted by Crippen LogP contribution is -2.33. The molecule has 2 N–H and O–H groups in total. The molecule has 0 atom stereocenters. The first-order valence-electron chi connectivity index (χ1n) is 7.85. The quantitative estimate of drug-likeness (QED) is 0.610. The van der Waals surface area contributed by atoms with E-state index >= 15 is 0 Å². The molecule has 0 aliphatic rings. The maximum absolute atomic E-state index is 12.0. The van der Waals surface area contributed by atoms with Gasteiger partial charge in [0.25, 0.3) is 11.8 Å². The van der Waals surface area contributed by atoms with Crippen molar-refractivity contribution in [3.05, 3.63) is 67.6 Å². The van der Waals surface area contributed by atoms with Crippen LogP contribution in [0.2, 0.25) is 20.1 Å². The summed E-state index contributed by atoms with van der Waals surface area (Å²) in [6.07, 6.45) is 0. The van der Waals surface area contributed by atoms with Gasteiger partial charge in [0.15, 0.2) is 6.61 Å². The van der Waals surface area contributed by atoms with Gasteiger partial charge in [-0.15, -0.1) is 0 Å². The number of esters is 1. The second-order valence-electron chi connectivity index (χ2n) is 5.48. The Balaban J connectivity index is 1.72. The molecule has 0 saturated heterocycles. The normalized spacial score (nSPS) is 10.3. The number of halogens is 4. The van der Waals surface area contributed by atoms with E-state index in [1.165, 1.54) is 18.2 Å². The van der Waals surface area contributed by atoms with E-state index in [2.05, 4.69) is 10.6 Å². The molecule has 0 fully saturated rings. The van der Waals surface area contributed by atoms with Crippen molar-refractivity contribution in [3.8, 4) is 0 Å². The zero-order valence-electron chi connectivity index (χ0n) is 14.2. The molecular formula is C18H14Cl4N2O4. The number of carbonyl (C=O) groups excluding carboxylic acids is 3. The van der Waals surface area contributed by atoms with Crippen LogP contribution < -0.4 is 10.6 Å². The van der Waals surface area contributed by atoms with E-state index < -0.39 is 30.9 Å². The number of carbonyl (C=O) groups is 3. The van der Waals surface area contributed by atoms with Crippen molar-refractivity contribution in [3.63, 3.8) is 0 Å². The Morgan fingerprint density at radius 1 is 0.857 bits per heavy atom. The number of hydrogen-bond donors (Lipinski definition) is 2. The van der Waals surface area contributed by atoms with Crippen molar-refractivity contribution in [2.24, 2.45) is 0 Å². The van der Waals surface area contributed by atoms with E-state index in [0.29, 0.717) is 20.6 Å². The van der Waals surface area contributed by atoms with Gasteiger partial charge in [0, 0.05) is 21.6 Å². The zero-order valence-corrected chi connectivity index (χ0v) is 17.3. The Hall–Kier alpha value is -1.99. The van der Waals surface area contributed by atoms with Gasteiger partial charge in [-0.3, -0.25) is 14.4 Å². The van der Waals surface area contributed by atoms with Crippen molar-refractivity contribution in [2.75, 3.05) is 13.2 Å². The second-order valence-corrected chi connectivity index (χ2v) is 7.17. The molecule has 0 aliphatic carbocycles. The highest BCUT2D eigenvalue weighted by Crippen LogP contribution is 2.21. The molecule has 28 heavy (non-hydrogen) atoms. The second kappa shape index (κ2) is 10.5. The minimum absolute atomic E-state index is 0.151. The average molecular weight is 464 g/mol. The summed E-state index contributed by atoms with van der Waals surface area (Å²) in [5.74, 6) is -1.87. The van der Waals surface area contributed by atoms with Crippen LogP contribution >= 0.6 is 46.4 Å². The Morgan fingerprint density at radius 3 is 2.14 bits per heavy atom. The van der Waals surface area contributed by atoms with Gasteiger partial charge in [-0.25, -0.2) is 0 Å². The summed E-state index contributed by atoms with van der Waals surface area (Å²) in [7, 11) is 0. The van der Waals surface area contributed by atoms with Crippen molar-refractivity contribution >= 4 is 64.2 Å². The third kappa shape index (κ3) is 6.87. The van der Waals surface area contributed by atoms with E-state index in [4.69, 9.17) is 51.1 Å². The lowest BCUT2D eigenvalue weighted by Gasteiger charge is -2.09. The molecule has 0 heterocycles. The minimum atomic E-state index is -0.780. The van der Waals surface area contributed by atoms with E-state index in [1.54, 1.807) is 18.2 Å². The number of benzene rings is 2. The summed E-state index contributed by atoms with van der Waals surface area (Å²) in [4.78, 5) is 35.4. The summed E-state index contributed by atoms with van der Waals surface area (Å²) in [6, 6.07) is 9.21. The predicted molar refractivity (Wildman–Crippen MR) is 108 cm³/mol. The van der Waals surface area contributed by atoms with Gasteiger partial charge in [0.05, 0.1) is 10.6 Å². The molecule has 6 nitrogen and oxygen atoms in total. The molecule has 148 valence electrons. The van der Waals surface area contributed by atoms with Crippen LogP contribution in [0.1, 0.15) is 15.9 Å². The highest BCUT2D eigenvalue weighted by Gasteiger charge is 2.13. The van der Waals surface area contributed by atoms with Gasteiger partial charge in [-0.2, -0.15) is 0 Å². The Kier molecular flexibility index (Phi) is 8.38. The fourth-order valence-electron chi connectivity index (χ4n) is 2.03. The third-order valence-corrected chi connectivity index (χ3v) is 4.56. The first kappa shape index (κ1) is 22.3. The summed E-state index contributed by atoms with van der Waals surface area (Å²) < 4.78 is 4.80. The van der Waals surface area contributed by atoms with Crippen molar-refractivity contribution in [1.82, 2.24) is 10.6 Å². The fraction of sp³-hybridized carbons (Fsp3) is 0.167. The maximum atomic E-state index is 12.0. The molecule has 0 aliphatic heterocycles. The van der Waals surface area contributed by atoms with Crippen LogP contribution in [0.4, 0.5) is 0 Å². The van der Waals surface area contributed by atoms with Gasteiger partial charge in [-0.1, -0.05) is 52.5 Å². The molecular weight excluding hydrogens is 450 g/mol. The number of hydrogen-bond acceptors (Lipinski definition) is 4. The maximum Gasteiger partial charge on any atom is 0.325 e. The molecule has 0 spiro atoms. The summed E-state index contributed by atoms with van der Waals surface area (Å²) >= 11 is 23.5. The van der Waals surface area contributed by atoms with Crippen molar-refractivity contribution in [1.29, 1.82) is 0 Å². The number of amides is 2. The predicted octanol–water partition coefficient (Wildman–Crippen LogP) is 3.89. The average Bonchev–Trinajstić information content (AvgIpc) is 2.63. The summed E-state index contributed by atoms with van der Waals surface area (Å²) in [6.45, 7) is -0.770. The van der Waals surface area contributed by atoms with E-state index in [-0.39, 0.29) is 17.1 Å². The van der Waals surface area contributed by atoms with Crippen LogP contribution in [-0.2, 0) is 20.9 Å². The van der Waals surface area contributed by atoms with Gasteiger partial charge >= 0.3 is 5.97 Å². The SMILES string of the molecule is O=C(COC(=O)CNC(=O)c1ccc(Cl)cc1Cl)NCc1ccc(Cl)cc1Cl. The van der Waals surface area contributed by atoms with Gasteiger partial charge in [0.2, 0.25) is 0 Å². The lowest BCUT2D eigenvalue weighted by molar-refractivity contribution is -0.147. The summed E-state index contributed by atoms with van der Waals surface area (Å²) in [5.41, 5.74) is 0.828. The van der Waals surface area contributed by atoms with Gasteiger partial charge < -0.3 is 15.4 Å². The molecule has 0 radical (unpaired) electrons. The number of ether oxygens (including phenoxy) is 1. The zero-order chi connectivity index (χ0) is 20.7. The molecule has 0 bridgehead atoms. The Morgan fingerprint density at radius 2 is 1.50 bits per heavy atom. The summed E-state index contributed by atoms with van der Waals surface area (Å²) in [5, 5.41) is 6.33. The largest absolute Gasteiger partial charge is 0.454 e. The molecule has 10 heteroatoms. The van der Waals surface area contributed by atoms with Crippen LogP contribution in [0.15, 0.2) is 36.4 Å². The van der Waals surface area contributed by atoms with Gasteiger partial charge in [-0.05, 0) is 35.9 Å². The molecule has 2 amide bonds. The van der Waals surface area contributed by atoms with E-state index in [0.717, 1.165) is 0 Å². The standard InChI is InChI=1S/C18H14Cl4N2O4/c19-11-2-1-10(14(21)5-11)7-23-16(25)9-28-17(26)8-24-18(27)13-4-3-12(20)6-15(13)22/h1-6H,7-9H2,(H,23,25)(H,24,27). The molecule has 2 rings (SSSR count). The highest BCUT2D eigenvalue weighted by atomic mass is 35.5. The fourth-order valence-corrected chi connectivity index (χ4v) is 3.00. The van der Waals surface area contributed by atoms with Crippen LogP contribution in [0, 0.1) is 0 Å². The Bertz CT molecular complexity index is 905. The van der Waals surface area contributed by atoms with E-state index in [1.807, 2.05) is 0 Å². The Labute approximate surface area is 181 Å². The topological polar surface area (TPSA) is 84.5 Å². The van der Waals surface area contributed by atoms with Crippen LogP contribution in [0.3, 0.4) is 0 Å². The number of nitrogens with one attached hydrogen (secondary N) is 2. The molecule has 0 aromatic heterocycles. The van der Waals surface area contributed by atoms with Crippen LogP contribution in [0.5, 0.6) is 0 Å². The third-order valence-electron chi connectivity index (χ3n) is 3.42. The van der Waals surface area contributed by atoms with Crippen molar-refractivity contribution in [2.45, 2.75) is 6.54 Å².